The van der Waals surface area contributed by atoms with E-state index in [1.165, 1.54) is 11.1 Å². The Morgan fingerprint density at radius 2 is 1.76 bits per heavy atom. The number of aliphatic hydroxyl groups excluding tert-OH is 1. The van der Waals surface area contributed by atoms with E-state index in [2.05, 4.69) is 29.6 Å². The highest BCUT2D eigenvalue weighted by Gasteiger charge is 2.31. The molecular formula is C21H25NO3. The lowest BCUT2D eigenvalue weighted by Gasteiger charge is -2.34. The largest absolute Gasteiger partial charge is 0.486 e. The van der Waals surface area contributed by atoms with Crippen molar-refractivity contribution in [3.05, 3.63) is 65.2 Å². The molecule has 4 heteroatoms. The van der Waals surface area contributed by atoms with Crippen LogP contribution in [-0.4, -0.2) is 36.5 Å². The minimum absolute atomic E-state index is 0.0115. The van der Waals surface area contributed by atoms with E-state index in [-0.39, 0.29) is 12.7 Å². The van der Waals surface area contributed by atoms with Crippen LogP contribution in [-0.2, 0) is 24.2 Å². The molecule has 0 unspecified atom stereocenters. The number of benzene rings is 2. The van der Waals surface area contributed by atoms with Gasteiger partial charge in [0, 0.05) is 18.7 Å². The molecular weight excluding hydrogens is 314 g/mol. The molecule has 0 aromatic heterocycles. The average molecular weight is 339 g/mol. The lowest BCUT2D eigenvalue weighted by Crippen LogP contribution is -2.52. The standard InChI is InChI=1S/C21H25NO3/c23-13-15-5-7-19(8-6-15)25-21-14-24-10-9-20(21)22-18-11-16-3-1-2-4-17(16)12-18/h1-8,18,20-23H,9-14H2/t20-,21-/m1/s1. The van der Waals surface area contributed by atoms with Crippen LogP contribution in [0.5, 0.6) is 5.75 Å². The van der Waals surface area contributed by atoms with E-state index in [9.17, 15) is 0 Å². The van der Waals surface area contributed by atoms with Gasteiger partial charge in [-0.2, -0.15) is 0 Å². The van der Waals surface area contributed by atoms with E-state index >= 15 is 0 Å². The van der Waals surface area contributed by atoms with Crippen LogP contribution in [0.1, 0.15) is 23.1 Å². The van der Waals surface area contributed by atoms with Crippen molar-refractivity contribution in [1.29, 1.82) is 0 Å². The summed E-state index contributed by atoms with van der Waals surface area (Å²) in [6, 6.07) is 17.1. The maximum absolute atomic E-state index is 9.15. The number of fused-ring (bicyclic) bond motifs is 1. The van der Waals surface area contributed by atoms with Gasteiger partial charge in [-0.05, 0) is 48.1 Å². The summed E-state index contributed by atoms with van der Waals surface area (Å²) >= 11 is 0. The van der Waals surface area contributed by atoms with Gasteiger partial charge >= 0.3 is 0 Å². The molecule has 25 heavy (non-hydrogen) atoms. The molecule has 2 aliphatic rings. The van der Waals surface area contributed by atoms with Crippen LogP contribution in [0.25, 0.3) is 0 Å². The molecule has 132 valence electrons. The van der Waals surface area contributed by atoms with Crippen molar-refractivity contribution in [2.45, 2.75) is 44.1 Å². The lowest BCUT2D eigenvalue weighted by atomic mass is 10.0. The van der Waals surface area contributed by atoms with E-state index < -0.39 is 0 Å². The van der Waals surface area contributed by atoms with Crippen LogP contribution in [0, 0.1) is 0 Å². The van der Waals surface area contributed by atoms with Gasteiger partial charge in [0.25, 0.3) is 0 Å². The molecule has 0 radical (unpaired) electrons. The van der Waals surface area contributed by atoms with Gasteiger partial charge < -0.3 is 19.9 Å². The number of ether oxygens (including phenoxy) is 2. The van der Waals surface area contributed by atoms with Gasteiger partial charge in [-0.15, -0.1) is 0 Å². The Balaban J connectivity index is 1.39. The third kappa shape index (κ3) is 3.87. The van der Waals surface area contributed by atoms with Gasteiger partial charge in [-0.25, -0.2) is 0 Å². The molecule has 1 heterocycles. The first-order valence-electron chi connectivity index (χ1n) is 9.09. The van der Waals surface area contributed by atoms with Crippen LogP contribution >= 0.6 is 0 Å². The first kappa shape index (κ1) is 16.6. The van der Waals surface area contributed by atoms with Crippen molar-refractivity contribution in [2.24, 2.45) is 0 Å². The summed E-state index contributed by atoms with van der Waals surface area (Å²) < 4.78 is 11.8. The SMILES string of the molecule is OCc1ccc(O[C@@H]2COCC[C@H]2NC2Cc3ccccc3C2)cc1. The summed E-state index contributed by atoms with van der Waals surface area (Å²) in [5, 5.41) is 13.0. The van der Waals surface area contributed by atoms with Gasteiger partial charge in [0.15, 0.2) is 0 Å². The van der Waals surface area contributed by atoms with Crippen molar-refractivity contribution in [2.75, 3.05) is 13.2 Å². The Kier molecular flexibility index (Phi) is 5.02. The Bertz CT molecular complexity index is 676. The van der Waals surface area contributed by atoms with Gasteiger partial charge in [-0.3, -0.25) is 0 Å². The molecule has 1 aliphatic carbocycles. The highest BCUT2D eigenvalue weighted by Crippen LogP contribution is 2.24. The maximum Gasteiger partial charge on any atom is 0.137 e. The van der Waals surface area contributed by atoms with Crippen LogP contribution in [0.4, 0.5) is 0 Å². The molecule has 1 aliphatic heterocycles. The molecule has 0 amide bonds. The Hall–Kier alpha value is -1.88. The summed E-state index contributed by atoms with van der Waals surface area (Å²) in [6.45, 7) is 1.44. The molecule has 0 bridgehead atoms. The maximum atomic E-state index is 9.15. The monoisotopic (exact) mass is 339 g/mol. The van der Waals surface area contributed by atoms with Crippen molar-refractivity contribution < 1.29 is 14.6 Å². The number of aliphatic hydroxyl groups is 1. The quantitative estimate of drug-likeness (QED) is 0.879. The average Bonchev–Trinajstić information content (AvgIpc) is 3.06. The van der Waals surface area contributed by atoms with Gasteiger partial charge in [0.1, 0.15) is 11.9 Å². The Morgan fingerprint density at radius 1 is 1.04 bits per heavy atom. The van der Waals surface area contributed by atoms with Crippen molar-refractivity contribution in [1.82, 2.24) is 5.32 Å². The second kappa shape index (κ2) is 7.56. The first-order chi connectivity index (χ1) is 12.3. The topological polar surface area (TPSA) is 50.7 Å². The second-order valence-corrected chi connectivity index (χ2v) is 6.97. The van der Waals surface area contributed by atoms with Gasteiger partial charge in [0.2, 0.25) is 0 Å². The Morgan fingerprint density at radius 3 is 2.44 bits per heavy atom. The van der Waals surface area contributed by atoms with Gasteiger partial charge in [0.05, 0.1) is 13.2 Å². The predicted molar refractivity (Wildman–Crippen MR) is 96.8 cm³/mol. The minimum atomic E-state index is 0.0115. The summed E-state index contributed by atoms with van der Waals surface area (Å²) in [5.74, 6) is 0.828. The fourth-order valence-electron chi connectivity index (χ4n) is 3.85. The molecule has 1 saturated heterocycles. The number of rotatable bonds is 5. The molecule has 4 rings (SSSR count). The lowest BCUT2D eigenvalue weighted by molar-refractivity contribution is -0.0172. The molecule has 2 aromatic carbocycles. The van der Waals surface area contributed by atoms with Crippen molar-refractivity contribution in [3.63, 3.8) is 0 Å². The predicted octanol–water partition coefficient (Wildman–Crippen LogP) is 2.47. The number of hydrogen-bond acceptors (Lipinski definition) is 4. The highest BCUT2D eigenvalue weighted by atomic mass is 16.5. The second-order valence-electron chi connectivity index (χ2n) is 6.97. The third-order valence-electron chi connectivity index (χ3n) is 5.20. The molecule has 2 atom stereocenters. The number of hydrogen-bond donors (Lipinski definition) is 2. The highest BCUT2D eigenvalue weighted by molar-refractivity contribution is 5.33. The van der Waals surface area contributed by atoms with E-state index in [4.69, 9.17) is 14.6 Å². The smallest absolute Gasteiger partial charge is 0.137 e. The molecule has 1 fully saturated rings. The van der Waals surface area contributed by atoms with Crippen LogP contribution in [0.2, 0.25) is 0 Å². The minimum Gasteiger partial charge on any atom is -0.486 e. The van der Waals surface area contributed by atoms with E-state index in [0.717, 1.165) is 37.2 Å². The zero-order valence-corrected chi connectivity index (χ0v) is 14.4. The molecule has 0 spiro atoms. The summed E-state index contributed by atoms with van der Waals surface area (Å²) in [5.41, 5.74) is 3.82. The van der Waals surface area contributed by atoms with E-state index in [1.54, 1.807) is 0 Å². The van der Waals surface area contributed by atoms with Crippen molar-refractivity contribution >= 4 is 0 Å². The molecule has 2 N–H and O–H groups in total. The molecule has 2 aromatic rings. The first-order valence-corrected chi connectivity index (χ1v) is 9.09. The van der Waals surface area contributed by atoms with Crippen LogP contribution in [0.15, 0.2) is 48.5 Å². The van der Waals surface area contributed by atoms with E-state index in [0.29, 0.717) is 18.7 Å². The van der Waals surface area contributed by atoms with Gasteiger partial charge in [-0.1, -0.05) is 36.4 Å². The fourth-order valence-corrected chi connectivity index (χ4v) is 3.85. The molecule has 4 nitrogen and oxygen atoms in total. The van der Waals surface area contributed by atoms with Crippen LogP contribution in [0.3, 0.4) is 0 Å². The number of nitrogens with one attached hydrogen (secondary N) is 1. The Labute approximate surface area is 148 Å². The molecule has 0 saturated carbocycles. The van der Waals surface area contributed by atoms with E-state index in [1.807, 2.05) is 24.3 Å². The zero-order valence-electron chi connectivity index (χ0n) is 14.4. The van der Waals surface area contributed by atoms with Crippen molar-refractivity contribution in [3.8, 4) is 5.75 Å². The summed E-state index contributed by atoms with van der Waals surface area (Å²) in [4.78, 5) is 0. The third-order valence-corrected chi connectivity index (χ3v) is 5.20. The summed E-state index contributed by atoms with van der Waals surface area (Å²) in [7, 11) is 0. The fraction of sp³-hybridized carbons (Fsp3) is 0.429. The zero-order chi connectivity index (χ0) is 17.1. The summed E-state index contributed by atoms with van der Waals surface area (Å²) in [6.07, 6.45) is 3.15. The normalized spacial score (nSPS) is 23.4. The van der Waals surface area contributed by atoms with Crippen LogP contribution < -0.4 is 10.1 Å².